The average Bonchev–Trinajstić information content (AvgIpc) is 2.43. The Labute approximate surface area is 120 Å². The van der Waals surface area contributed by atoms with Crippen LogP contribution in [0.4, 0.5) is 0 Å². The molecule has 0 aliphatic rings. The van der Waals surface area contributed by atoms with Crippen molar-refractivity contribution in [1.82, 2.24) is 10.4 Å². The van der Waals surface area contributed by atoms with E-state index in [1.54, 1.807) is 6.20 Å². The maximum absolute atomic E-state index is 5.87. The molecular weight excluding hydrogens is 250 g/mol. The molecule has 0 amide bonds. The van der Waals surface area contributed by atoms with Gasteiger partial charge in [-0.05, 0) is 38.5 Å². The van der Waals surface area contributed by atoms with E-state index in [1.807, 2.05) is 57.2 Å². The van der Waals surface area contributed by atoms with Crippen LogP contribution in [0.5, 0.6) is 5.75 Å². The Balaban J connectivity index is 2.45. The highest BCUT2D eigenvalue weighted by Crippen LogP contribution is 2.31. The number of hydrogen-bond acceptors (Lipinski definition) is 4. The van der Waals surface area contributed by atoms with Crippen molar-refractivity contribution in [3.63, 3.8) is 0 Å². The van der Waals surface area contributed by atoms with Crippen LogP contribution in [0.1, 0.15) is 36.7 Å². The SMILES string of the molecule is Cc1ncccc1C(NN)c1ccccc1OC(C)C. The summed E-state index contributed by atoms with van der Waals surface area (Å²) in [4.78, 5) is 4.33. The van der Waals surface area contributed by atoms with Gasteiger partial charge in [0.2, 0.25) is 0 Å². The molecule has 1 heterocycles. The first kappa shape index (κ1) is 14.5. The Kier molecular flexibility index (Phi) is 4.71. The maximum atomic E-state index is 5.87. The third-order valence-corrected chi connectivity index (χ3v) is 3.12. The summed E-state index contributed by atoms with van der Waals surface area (Å²) in [6, 6.07) is 11.7. The fourth-order valence-corrected chi connectivity index (χ4v) is 2.23. The third-order valence-electron chi connectivity index (χ3n) is 3.12. The number of para-hydroxylation sites is 1. The van der Waals surface area contributed by atoms with Gasteiger partial charge in [-0.2, -0.15) is 0 Å². The molecule has 0 aliphatic heterocycles. The Hall–Kier alpha value is -1.91. The zero-order valence-corrected chi connectivity index (χ0v) is 12.1. The maximum Gasteiger partial charge on any atom is 0.124 e. The molecule has 1 atom stereocenters. The number of benzene rings is 1. The Morgan fingerprint density at radius 1 is 1.10 bits per heavy atom. The van der Waals surface area contributed by atoms with Gasteiger partial charge in [-0.1, -0.05) is 24.3 Å². The summed E-state index contributed by atoms with van der Waals surface area (Å²) in [6.07, 6.45) is 1.90. The van der Waals surface area contributed by atoms with E-state index in [0.29, 0.717) is 0 Å². The van der Waals surface area contributed by atoms with Crippen LogP contribution in [0.25, 0.3) is 0 Å². The topological polar surface area (TPSA) is 60.2 Å². The van der Waals surface area contributed by atoms with Crippen molar-refractivity contribution in [2.75, 3.05) is 0 Å². The number of nitrogens with one attached hydrogen (secondary N) is 1. The second-order valence-corrected chi connectivity index (χ2v) is 4.98. The van der Waals surface area contributed by atoms with Crippen molar-refractivity contribution < 1.29 is 4.74 Å². The number of hydrogen-bond donors (Lipinski definition) is 2. The minimum atomic E-state index is -0.140. The molecule has 0 radical (unpaired) electrons. The molecule has 1 unspecified atom stereocenters. The van der Waals surface area contributed by atoms with E-state index in [-0.39, 0.29) is 12.1 Å². The fraction of sp³-hybridized carbons (Fsp3) is 0.312. The average molecular weight is 271 g/mol. The van der Waals surface area contributed by atoms with Gasteiger partial charge in [-0.25, -0.2) is 5.43 Å². The van der Waals surface area contributed by atoms with E-state index in [9.17, 15) is 0 Å². The lowest BCUT2D eigenvalue weighted by molar-refractivity contribution is 0.238. The zero-order valence-electron chi connectivity index (χ0n) is 12.1. The van der Waals surface area contributed by atoms with Gasteiger partial charge in [0.25, 0.3) is 0 Å². The standard InChI is InChI=1S/C16H21N3O/c1-11(2)20-15-9-5-4-7-14(15)16(19-17)13-8-6-10-18-12(13)3/h4-11,16,19H,17H2,1-3H3. The van der Waals surface area contributed by atoms with E-state index in [1.165, 1.54) is 0 Å². The summed E-state index contributed by atoms with van der Waals surface area (Å²) in [5.74, 6) is 6.61. The lowest BCUT2D eigenvalue weighted by atomic mass is 9.97. The molecule has 0 spiro atoms. The number of aromatic nitrogens is 1. The van der Waals surface area contributed by atoms with E-state index in [4.69, 9.17) is 10.6 Å². The van der Waals surface area contributed by atoms with Crippen LogP contribution in [-0.4, -0.2) is 11.1 Å². The second-order valence-electron chi connectivity index (χ2n) is 4.98. The smallest absolute Gasteiger partial charge is 0.124 e. The lowest BCUT2D eigenvalue weighted by Crippen LogP contribution is -2.30. The molecule has 0 saturated carbocycles. The molecule has 0 aliphatic carbocycles. The highest BCUT2D eigenvalue weighted by Gasteiger charge is 2.19. The quantitative estimate of drug-likeness (QED) is 0.648. The normalized spacial score (nSPS) is 12.4. The molecule has 2 rings (SSSR count). The number of nitrogens with two attached hydrogens (primary N) is 1. The van der Waals surface area contributed by atoms with Crippen molar-refractivity contribution in [1.29, 1.82) is 0 Å². The zero-order chi connectivity index (χ0) is 14.5. The summed E-state index contributed by atoms with van der Waals surface area (Å²) in [6.45, 7) is 6.00. The summed E-state index contributed by atoms with van der Waals surface area (Å²) in [5.41, 5.74) is 5.89. The number of rotatable bonds is 5. The number of hydrazine groups is 1. The molecule has 0 saturated heterocycles. The molecule has 4 heteroatoms. The highest BCUT2D eigenvalue weighted by atomic mass is 16.5. The summed E-state index contributed by atoms with van der Waals surface area (Å²) in [5, 5.41) is 0. The van der Waals surface area contributed by atoms with Gasteiger partial charge in [0.1, 0.15) is 5.75 Å². The van der Waals surface area contributed by atoms with Crippen molar-refractivity contribution in [3.8, 4) is 5.75 Å². The molecule has 1 aromatic heterocycles. The molecule has 20 heavy (non-hydrogen) atoms. The molecular formula is C16H21N3O. The molecule has 0 bridgehead atoms. The second kappa shape index (κ2) is 6.50. The largest absolute Gasteiger partial charge is 0.491 e. The molecule has 0 fully saturated rings. The van der Waals surface area contributed by atoms with Crippen LogP contribution in [0, 0.1) is 6.92 Å². The van der Waals surface area contributed by atoms with Gasteiger partial charge >= 0.3 is 0 Å². The minimum Gasteiger partial charge on any atom is -0.491 e. The van der Waals surface area contributed by atoms with E-state index in [0.717, 1.165) is 22.6 Å². The van der Waals surface area contributed by atoms with Crippen LogP contribution in [0.3, 0.4) is 0 Å². The minimum absolute atomic E-state index is 0.115. The number of nitrogens with zero attached hydrogens (tertiary/aromatic N) is 1. The van der Waals surface area contributed by atoms with Crippen LogP contribution in [0.15, 0.2) is 42.6 Å². The van der Waals surface area contributed by atoms with E-state index >= 15 is 0 Å². The predicted octanol–water partition coefficient (Wildman–Crippen LogP) is 2.73. The van der Waals surface area contributed by atoms with Gasteiger partial charge in [0.05, 0.1) is 12.1 Å². The summed E-state index contributed by atoms with van der Waals surface area (Å²) < 4.78 is 5.87. The number of pyridine rings is 1. The number of aryl methyl sites for hydroxylation is 1. The van der Waals surface area contributed by atoms with Crippen LogP contribution in [0.2, 0.25) is 0 Å². The highest BCUT2D eigenvalue weighted by molar-refractivity contribution is 5.42. The van der Waals surface area contributed by atoms with Crippen molar-refractivity contribution >= 4 is 0 Å². The van der Waals surface area contributed by atoms with Crippen LogP contribution >= 0.6 is 0 Å². The first-order valence-electron chi connectivity index (χ1n) is 6.76. The molecule has 4 nitrogen and oxygen atoms in total. The Morgan fingerprint density at radius 3 is 2.45 bits per heavy atom. The first-order valence-corrected chi connectivity index (χ1v) is 6.76. The first-order chi connectivity index (χ1) is 9.63. The molecule has 106 valence electrons. The summed E-state index contributed by atoms with van der Waals surface area (Å²) in [7, 11) is 0. The van der Waals surface area contributed by atoms with Gasteiger partial charge in [-0.15, -0.1) is 0 Å². The van der Waals surface area contributed by atoms with Crippen molar-refractivity contribution in [2.24, 2.45) is 5.84 Å². The predicted molar refractivity (Wildman–Crippen MR) is 80.3 cm³/mol. The van der Waals surface area contributed by atoms with Gasteiger partial charge in [-0.3, -0.25) is 10.8 Å². The van der Waals surface area contributed by atoms with Crippen molar-refractivity contribution in [3.05, 3.63) is 59.4 Å². The van der Waals surface area contributed by atoms with Crippen LogP contribution < -0.4 is 16.0 Å². The Bertz CT molecular complexity index is 569. The fourth-order valence-electron chi connectivity index (χ4n) is 2.23. The van der Waals surface area contributed by atoms with E-state index < -0.39 is 0 Å². The van der Waals surface area contributed by atoms with Gasteiger partial charge < -0.3 is 4.74 Å². The van der Waals surface area contributed by atoms with Gasteiger partial charge in [0, 0.05) is 17.5 Å². The molecule has 2 aromatic rings. The monoisotopic (exact) mass is 271 g/mol. The summed E-state index contributed by atoms with van der Waals surface area (Å²) >= 11 is 0. The lowest BCUT2D eigenvalue weighted by Gasteiger charge is -2.22. The van der Waals surface area contributed by atoms with Gasteiger partial charge in [0.15, 0.2) is 0 Å². The van der Waals surface area contributed by atoms with Crippen LogP contribution in [-0.2, 0) is 0 Å². The van der Waals surface area contributed by atoms with E-state index in [2.05, 4.69) is 10.4 Å². The van der Waals surface area contributed by atoms with Crippen molar-refractivity contribution in [2.45, 2.75) is 32.9 Å². The Morgan fingerprint density at radius 2 is 1.80 bits per heavy atom. The molecule has 1 aromatic carbocycles. The third kappa shape index (κ3) is 3.15. The number of ether oxygens (including phenoxy) is 1. The molecule has 3 N–H and O–H groups in total.